The number of allylic oxidation sites excluding steroid dienone is 11. The Morgan fingerprint density at radius 3 is 1.35 bits per heavy atom. The first-order valence-electron chi connectivity index (χ1n) is 29.8. The number of carbonyl (C=O) groups excluding carboxylic acids is 2. The molecule has 0 aromatic carbocycles. The van der Waals surface area contributed by atoms with Crippen LogP contribution in [0.3, 0.4) is 0 Å². The maximum atomic E-state index is 13.5. The molecule has 0 fully saturated rings. The second-order valence-corrected chi connectivity index (χ2v) is 22.6. The highest BCUT2D eigenvalue weighted by Gasteiger charge is 2.30. The number of phosphoric ester groups is 1. The molecule has 0 heterocycles. The lowest BCUT2D eigenvalue weighted by molar-refractivity contribution is -0.870. The SMILES string of the molecule is CC/C=C\C/C=C\C/C=C\C/C=C\C/C=C\CCCCCC(=O)NC(COP(=O)(O)OCC[N+](C)(C)C)C(/C=C\CCCCCCCCCCCCC)OC(=O)CCCCCCCCCCCCCCCC. The Labute approximate surface area is 444 Å². The van der Waals surface area contributed by atoms with Gasteiger partial charge < -0.3 is 19.4 Å². The van der Waals surface area contributed by atoms with E-state index in [2.05, 4.69) is 86.8 Å². The van der Waals surface area contributed by atoms with Crippen LogP contribution < -0.4 is 5.32 Å². The molecule has 0 saturated carbocycles. The fraction of sp³-hybridized carbons (Fsp3) is 0.774. The maximum Gasteiger partial charge on any atom is 0.472 e. The van der Waals surface area contributed by atoms with E-state index in [0.29, 0.717) is 23.9 Å². The molecule has 9 nitrogen and oxygen atoms in total. The number of hydrogen-bond donors (Lipinski definition) is 2. The quantitative estimate of drug-likeness (QED) is 0.0205. The fourth-order valence-corrected chi connectivity index (χ4v) is 9.06. The average molecular weight is 1030 g/mol. The van der Waals surface area contributed by atoms with E-state index in [-0.39, 0.29) is 31.5 Å². The van der Waals surface area contributed by atoms with Gasteiger partial charge in [-0.15, -0.1) is 0 Å². The average Bonchev–Trinajstić information content (AvgIpc) is 3.34. The summed E-state index contributed by atoms with van der Waals surface area (Å²) in [4.78, 5) is 37.6. The van der Waals surface area contributed by atoms with Gasteiger partial charge in [-0.05, 0) is 76.7 Å². The number of quaternary nitrogens is 1. The van der Waals surface area contributed by atoms with Crippen molar-refractivity contribution in [1.82, 2.24) is 5.32 Å². The predicted molar refractivity (Wildman–Crippen MR) is 309 cm³/mol. The van der Waals surface area contributed by atoms with Gasteiger partial charge in [0.25, 0.3) is 0 Å². The number of hydrogen-bond acceptors (Lipinski definition) is 6. The number of carbonyl (C=O) groups is 2. The summed E-state index contributed by atoms with van der Waals surface area (Å²) in [6.07, 6.45) is 66.1. The molecular formula is C62H114N2O7P+. The van der Waals surface area contributed by atoms with Crippen LogP contribution >= 0.6 is 7.82 Å². The summed E-state index contributed by atoms with van der Waals surface area (Å²) in [5.74, 6) is -0.539. The molecule has 3 atom stereocenters. The van der Waals surface area contributed by atoms with Gasteiger partial charge >= 0.3 is 13.8 Å². The van der Waals surface area contributed by atoms with E-state index in [1.165, 1.54) is 128 Å². The zero-order valence-electron chi connectivity index (χ0n) is 47.7. The molecule has 0 spiro atoms. The number of likely N-dealkylation sites (N-methyl/N-ethyl adjacent to an activating group) is 1. The Morgan fingerprint density at radius 2 is 0.889 bits per heavy atom. The highest BCUT2D eigenvalue weighted by atomic mass is 31.2. The van der Waals surface area contributed by atoms with Crippen molar-refractivity contribution < 1.29 is 37.3 Å². The van der Waals surface area contributed by atoms with Gasteiger partial charge in [-0.1, -0.05) is 242 Å². The Hall–Kier alpha value is -2.55. The molecule has 72 heavy (non-hydrogen) atoms. The van der Waals surface area contributed by atoms with Crippen molar-refractivity contribution in [3.63, 3.8) is 0 Å². The number of amides is 1. The normalized spacial score (nSPS) is 14.3. The van der Waals surface area contributed by atoms with Crippen LogP contribution in [0.1, 0.15) is 258 Å². The molecule has 0 bridgehead atoms. The summed E-state index contributed by atoms with van der Waals surface area (Å²) in [5.41, 5.74) is 0. The van der Waals surface area contributed by atoms with Gasteiger partial charge in [-0.3, -0.25) is 18.6 Å². The second-order valence-electron chi connectivity index (χ2n) is 21.1. The second kappa shape index (κ2) is 51.9. The van der Waals surface area contributed by atoms with E-state index < -0.39 is 20.0 Å². The molecule has 0 rings (SSSR count). The van der Waals surface area contributed by atoms with Crippen molar-refractivity contribution in [2.24, 2.45) is 0 Å². The first-order chi connectivity index (χ1) is 34.9. The van der Waals surface area contributed by atoms with Gasteiger partial charge in [0, 0.05) is 12.8 Å². The minimum atomic E-state index is -4.46. The van der Waals surface area contributed by atoms with E-state index in [1.54, 1.807) is 0 Å². The molecule has 0 aliphatic rings. The third kappa shape index (κ3) is 52.3. The van der Waals surface area contributed by atoms with Crippen LogP contribution in [-0.4, -0.2) is 74.3 Å². The van der Waals surface area contributed by atoms with Crippen molar-refractivity contribution >= 4 is 19.7 Å². The minimum Gasteiger partial charge on any atom is -0.456 e. The summed E-state index contributed by atoms with van der Waals surface area (Å²) >= 11 is 0. The van der Waals surface area contributed by atoms with Gasteiger partial charge in [0.15, 0.2) is 0 Å². The smallest absolute Gasteiger partial charge is 0.456 e. The number of rotatable bonds is 53. The molecule has 0 saturated heterocycles. The molecule has 1 amide bonds. The molecular weight excluding hydrogens is 916 g/mol. The van der Waals surface area contributed by atoms with Gasteiger partial charge in [-0.2, -0.15) is 0 Å². The Balaban J connectivity index is 5.39. The summed E-state index contributed by atoms with van der Waals surface area (Å²) < 4.78 is 30.6. The standard InChI is InChI=1S/C62H113N2O7P/c1-7-10-13-16-19-22-25-28-30-31-32-33-34-36-39-42-45-48-51-54-61(65)63-59(58-70-72(67,68)69-57-56-64(4,5)6)60(53-50-47-44-41-38-35-27-24-21-18-15-12-9-3)71-62(66)55-52-49-46-43-40-37-29-26-23-20-17-14-11-8-2/h10,13,19,22,28,30,32-33,36,39,50,53,59-60H,7-9,11-12,14-18,20-21,23-27,29,31,34-35,37-38,40-49,51-52,54-58H2,1-6H3,(H-,63,65,67,68)/p+1/b13-10-,22-19-,30-28-,33-32-,39-36-,53-50-. The molecule has 10 heteroatoms. The third-order valence-corrected chi connectivity index (χ3v) is 13.9. The largest absolute Gasteiger partial charge is 0.472 e. The Kier molecular flexibility index (Phi) is 50.1. The highest BCUT2D eigenvalue weighted by Crippen LogP contribution is 2.43. The van der Waals surface area contributed by atoms with Crippen LogP contribution in [-0.2, 0) is 27.9 Å². The number of esters is 1. The van der Waals surface area contributed by atoms with E-state index in [0.717, 1.165) is 89.9 Å². The predicted octanol–water partition coefficient (Wildman–Crippen LogP) is 18.1. The Morgan fingerprint density at radius 1 is 0.500 bits per heavy atom. The zero-order valence-corrected chi connectivity index (χ0v) is 48.6. The summed E-state index contributed by atoms with van der Waals surface area (Å²) in [5, 5.41) is 3.04. The lowest BCUT2D eigenvalue weighted by atomic mass is 10.0. The van der Waals surface area contributed by atoms with Gasteiger partial charge in [0.2, 0.25) is 5.91 Å². The molecule has 2 N–H and O–H groups in total. The van der Waals surface area contributed by atoms with Crippen molar-refractivity contribution in [1.29, 1.82) is 0 Å². The fourth-order valence-electron chi connectivity index (χ4n) is 8.32. The van der Waals surface area contributed by atoms with E-state index in [4.69, 9.17) is 13.8 Å². The van der Waals surface area contributed by atoms with Gasteiger partial charge in [-0.25, -0.2) is 4.57 Å². The van der Waals surface area contributed by atoms with Crippen LogP contribution in [0.2, 0.25) is 0 Å². The van der Waals surface area contributed by atoms with Crippen LogP contribution in [0.15, 0.2) is 72.9 Å². The monoisotopic (exact) mass is 1030 g/mol. The Bertz CT molecular complexity index is 1460. The lowest BCUT2D eigenvalue weighted by Crippen LogP contribution is -2.47. The molecule has 418 valence electrons. The third-order valence-electron chi connectivity index (χ3n) is 12.9. The number of nitrogens with one attached hydrogen (secondary N) is 1. The first kappa shape index (κ1) is 69.5. The number of nitrogens with zero attached hydrogens (tertiary/aromatic N) is 1. The molecule has 0 aliphatic carbocycles. The molecule has 0 aromatic rings. The van der Waals surface area contributed by atoms with Crippen LogP contribution in [0.4, 0.5) is 0 Å². The van der Waals surface area contributed by atoms with Crippen LogP contribution in [0.5, 0.6) is 0 Å². The lowest BCUT2D eigenvalue weighted by Gasteiger charge is -2.27. The van der Waals surface area contributed by atoms with Crippen molar-refractivity contribution in [2.45, 2.75) is 270 Å². The summed E-state index contributed by atoms with van der Waals surface area (Å²) in [6, 6.07) is -0.866. The molecule has 3 unspecified atom stereocenters. The number of unbranched alkanes of at least 4 members (excludes halogenated alkanes) is 27. The zero-order chi connectivity index (χ0) is 52.9. The van der Waals surface area contributed by atoms with Crippen LogP contribution in [0, 0.1) is 0 Å². The first-order valence-corrected chi connectivity index (χ1v) is 31.3. The van der Waals surface area contributed by atoms with Gasteiger partial charge in [0.05, 0.1) is 33.8 Å². The van der Waals surface area contributed by atoms with Gasteiger partial charge in [0.1, 0.15) is 19.3 Å². The van der Waals surface area contributed by atoms with Crippen molar-refractivity contribution in [3.05, 3.63) is 72.9 Å². The van der Waals surface area contributed by atoms with Crippen LogP contribution in [0.25, 0.3) is 0 Å². The minimum absolute atomic E-state index is 0.0321. The number of ether oxygens (including phenoxy) is 1. The molecule has 0 aliphatic heterocycles. The van der Waals surface area contributed by atoms with E-state index >= 15 is 0 Å². The molecule has 0 aromatic heterocycles. The highest BCUT2D eigenvalue weighted by molar-refractivity contribution is 7.47. The number of phosphoric acid groups is 1. The summed E-state index contributed by atoms with van der Waals surface area (Å²) in [7, 11) is 1.47. The van der Waals surface area contributed by atoms with E-state index in [1.807, 2.05) is 33.3 Å². The molecule has 0 radical (unpaired) electrons. The van der Waals surface area contributed by atoms with Crippen molar-refractivity contribution in [2.75, 3.05) is 40.9 Å². The van der Waals surface area contributed by atoms with Crippen molar-refractivity contribution in [3.8, 4) is 0 Å². The van der Waals surface area contributed by atoms with E-state index in [9.17, 15) is 19.0 Å². The maximum absolute atomic E-state index is 13.5. The summed E-state index contributed by atoms with van der Waals surface area (Å²) in [6.45, 7) is 6.88. The topological polar surface area (TPSA) is 111 Å².